The van der Waals surface area contributed by atoms with Crippen molar-refractivity contribution in [2.24, 2.45) is 0 Å². The van der Waals surface area contributed by atoms with Crippen molar-refractivity contribution in [2.45, 2.75) is 43.4 Å². The molecule has 0 amide bonds. The van der Waals surface area contributed by atoms with Crippen LogP contribution in [0, 0.1) is 11.8 Å². The number of benzene rings is 3. The largest absolute Gasteiger partial charge is 0.396 e. The van der Waals surface area contributed by atoms with Gasteiger partial charge in [-0.15, -0.1) is 23.5 Å². The van der Waals surface area contributed by atoms with E-state index in [2.05, 4.69) is 122 Å². The number of fused-ring (bicyclic) bond motifs is 1. The predicted molar refractivity (Wildman–Crippen MR) is 172 cm³/mol. The van der Waals surface area contributed by atoms with Gasteiger partial charge >= 0.3 is 0 Å². The molecule has 1 aliphatic heterocycles. The fourth-order valence-corrected chi connectivity index (χ4v) is 13.2. The normalized spacial score (nSPS) is 14.8. The van der Waals surface area contributed by atoms with E-state index in [1.165, 1.54) is 39.2 Å². The minimum absolute atomic E-state index is 0.0797. The molecule has 0 spiro atoms. The van der Waals surface area contributed by atoms with Gasteiger partial charge in [0.05, 0.1) is 23.5 Å². The van der Waals surface area contributed by atoms with Gasteiger partial charge in [-0.25, -0.2) is 0 Å². The van der Waals surface area contributed by atoms with Gasteiger partial charge in [-0.1, -0.05) is 106 Å². The van der Waals surface area contributed by atoms with Crippen molar-refractivity contribution in [2.75, 3.05) is 24.7 Å². The maximum atomic E-state index is 9.94. The lowest BCUT2D eigenvalue weighted by atomic mass is 10.1. The molecule has 6 heteroatoms. The molecule has 0 saturated carbocycles. The van der Waals surface area contributed by atoms with Crippen molar-refractivity contribution in [1.29, 1.82) is 0 Å². The highest BCUT2D eigenvalue weighted by molar-refractivity contribution is 8.16. The number of aliphatic hydroxyl groups is 1. The average molecular weight is 572 g/mol. The molecule has 1 fully saturated rings. The Balaban J connectivity index is 1.57. The first-order valence-electron chi connectivity index (χ1n) is 13.7. The van der Waals surface area contributed by atoms with Crippen LogP contribution in [0.25, 0.3) is 10.9 Å². The van der Waals surface area contributed by atoms with Crippen LogP contribution >= 0.6 is 23.5 Å². The third kappa shape index (κ3) is 5.61. The van der Waals surface area contributed by atoms with Gasteiger partial charge in [0, 0.05) is 23.0 Å². The summed E-state index contributed by atoms with van der Waals surface area (Å²) in [6.07, 6.45) is 1.24. The highest BCUT2D eigenvalue weighted by Gasteiger charge is 2.50. The molecule has 0 aliphatic carbocycles. The topological polar surface area (TPSA) is 34.4 Å². The molecule has 0 radical (unpaired) electrons. The van der Waals surface area contributed by atoms with E-state index in [0.29, 0.717) is 17.7 Å². The standard InChI is InChI=1S/C33H37NO2S2Si/c1-33(2,3)39(26-14-6-4-7-15-26,27-16-8-5-9-17-27)36-23-12-20-30-31(32-37-24-13-25-38-32)28-18-10-11-19-29(28)34(30)21-22-35/h4-11,14-19,32,35H,13,21-25H2,1-3H3. The molecule has 3 nitrogen and oxygen atoms in total. The van der Waals surface area contributed by atoms with Crippen LogP contribution < -0.4 is 10.4 Å². The summed E-state index contributed by atoms with van der Waals surface area (Å²) < 4.78 is 9.60. The van der Waals surface area contributed by atoms with E-state index in [4.69, 9.17) is 4.43 Å². The molecule has 1 N–H and O–H groups in total. The zero-order valence-corrected chi connectivity index (χ0v) is 25.7. The Kier molecular flexibility index (Phi) is 8.95. The molecular weight excluding hydrogens is 535 g/mol. The van der Waals surface area contributed by atoms with Gasteiger partial charge in [-0.05, 0) is 45.3 Å². The maximum absolute atomic E-state index is 9.94. The summed E-state index contributed by atoms with van der Waals surface area (Å²) in [4.78, 5) is 0. The Labute approximate surface area is 242 Å². The molecule has 1 aliphatic rings. The zero-order valence-electron chi connectivity index (χ0n) is 23.0. The monoisotopic (exact) mass is 571 g/mol. The number of para-hydroxylation sites is 1. The van der Waals surface area contributed by atoms with E-state index in [1.807, 2.05) is 23.5 Å². The lowest BCUT2D eigenvalue weighted by molar-refractivity contribution is 0.277. The summed E-state index contributed by atoms with van der Waals surface area (Å²) in [7, 11) is -2.65. The molecular formula is C33H37NO2S2Si. The fourth-order valence-electron chi connectivity index (χ4n) is 5.72. The molecule has 1 aromatic heterocycles. The molecule has 2 heterocycles. The van der Waals surface area contributed by atoms with Crippen molar-refractivity contribution in [3.8, 4) is 11.8 Å². The minimum atomic E-state index is -2.65. The van der Waals surface area contributed by atoms with E-state index in [-0.39, 0.29) is 11.6 Å². The number of aromatic nitrogens is 1. The lowest BCUT2D eigenvalue weighted by Crippen LogP contribution is -2.66. The minimum Gasteiger partial charge on any atom is -0.396 e. The van der Waals surface area contributed by atoms with Gasteiger partial charge in [0.15, 0.2) is 0 Å². The smallest absolute Gasteiger partial charge is 0.262 e. The van der Waals surface area contributed by atoms with E-state index in [0.717, 1.165) is 11.2 Å². The van der Waals surface area contributed by atoms with Crippen LogP contribution in [0.2, 0.25) is 5.04 Å². The number of rotatable bonds is 7. The summed E-state index contributed by atoms with van der Waals surface area (Å²) in [6, 6.07) is 30.0. The van der Waals surface area contributed by atoms with Crippen LogP contribution in [0.4, 0.5) is 0 Å². The second kappa shape index (κ2) is 12.4. The zero-order chi connectivity index (χ0) is 27.3. The van der Waals surface area contributed by atoms with Crippen LogP contribution in [0.15, 0.2) is 84.9 Å². The van der Waals surface area contributed by atoms with E-state index >= 15 is 0 Å². The van der Waals surface area contributed by atoms with Gasteiger partial charge in [0.1, 0.15) is 0 Å². The van der Waals surface area contributed by atoms with E-state index in [9.17, 15) is 5.11 Å². The summed E-state index contributed by atoms with van der Waals surface area (Å²) in [6.45, 7) is 7.83. The maximum Gasteiger partial charge on any atom is 0.262 e. The van der Waals surface area contributed by atoms with Gasteiger partial charge in [0.25, 0.3) is 8.32 Å². The summed E-state index contributed by atoms with van der Waals surface area (Å²) >= 11 is 4.03. The van der Waals surface area contributed by atoms with Crippen LogP contribution in [0.1, 0.15) is 43.0 Å². The van der Waals surface area contributed by atoms with Crippen molar-refractivity contribution >= 4 is 53.1 Å². The number of hydrogen-bond acceptors (Lipinski definition) is 4. The first-order valence-corrected chi connectivity index (χ1v) is 17.7. The number of nitrogens with zero attached hydrogens (tertiary/aromatic N) is 1. The lowest BCUT2D eigenvalue weighted by Gasteiger charge is -2.42. The second-order valence-corrected chi connectivity index (χ2v) is 17.9. The SMILES string of the molecule is CC(C)(C)[Si](OCC#Cc1c(C2SCCCS2)c2ccccc2n1CCO)(c1ccccc1)c1ccccc1. The molecule has 0 atom stereocenters. The molecule has 39 heavy (non-hydrogen) atoms. The Hall–Kier alpha value is -2.40. The van der Waals surface area contributed by atoms with Gasteiger partial charge < -0.3 is 14.1 Å². The Bertz CT molecular complexity index is 1410. The summed E-state index contributed by atoms with van der Waals surface area (Å²) in [5.41, 5.74) is 3.46. The average Bonchev–Trinajstić information content (AvgIpc) is 3.27. The molecule has 202 valence electrons. The Morgan fingerprint density at radius 1 is 0.897 bits per heavy atom. The van der Waals surface area contributed by atoms with Crippen molar-refractivity contribution in [3.05, 3.63) is 96.2 Å². The number of thioether (sulfide) groups is 2. The van der Waals surface area contributed by atoms with Gasteiger partial charge in [0.2, 0.25) is 0 Å². The molecule has 1 saturated heterocycles. The molecule has 4 aromatic rings. The number of hydrogen-bond donors (Lipinski definition) is 1. The van der Waals surface area contributed by atoms with Crippen molar-refractivity contribution < 1.29 is 9.53 Å². The van der Waals surface area contributed by atoms with Crippen LogP contribution in [0.3, 0.4) is 0 Å². The number of aliphatic hydroxyl groups excluding tert-OH is 1. The first kappa shape index (κ1) is 28.1. The fraction of sp³-hybridized carbons (Fsp3) is 0.333. The Morgan fingerprint density at radius 2 is 1.49 bits per heavy atom. The first-order chi connectivity index (χ1) is 19.0. The van der Waals surface area contributed by atoms with Crippen LogP contribution in [0.5, 0.6) is 0 Å². The third-order valence-electron chi connectivity index (χ3n) is 7.38. The third-order valence-corrected chi connectivity index (χ3v) is 15.3. The highest BCUT2D eigenvalue weighted by atomic mass is 32.2. The van der Waals surface area contributed by atoms with E-state index < -0.39 is 8.32 Å². The van der Waals surface area contributed by atoms with Gasteiger partial charge in [-0.3, -0.25) is 0 Å². The van der Waals surface area contributed by atoms with Gasteiger partial charge in [-0.2, -0.15) is 0 Å². The summed E-state index contributed by atoms with van der Waals surface area (Å²) in [5.74, 6) is 9.34. The van der Waals surface area contributed by atoms with E-state index in [1.54, 1.807) is 0 Å². The molecule has 5 rings (SSSR count). The molecule has 0 bridgehead atoms. The van der Waals surface area contributed by atoms with Crippen molar-refractivity contribution in [1.82, 2.24) is 4.57 Å². The Morgan fingerprint density at radius 3 is 2.08 bits per heavy atom. The highest BCUT2D eigenvalue weighted by Crippen LogP contribution is 2.48. The molecule has 0 unspecified atom stereocenters. The van der Waals surface area contributed by atoms with Crippen LogP contribution in [-0.4, -0.2) is 42.7 Å². The quantitative estimate of drug-likeness (QED) is 0.205. The van der Waals surface area contributed by atoms with Crippen LogP contribution in [-0.2, 0) is 11.0 Å². The second-order valence-electron chi connectivity index (χ2n) is 10.8. The van der Waals surface area contributed by atoms with Crippen molar-refractivity contribution in [3.63, 3.8) is 0 Å². The summed E-state index contributed by atoms with van der Waals surface area (Å²) in [5, 5.41) is 13.6. The predicted octanol–water partition coefficient (Wildman–Crippen LogP) is 6.43. The molecule has 3 aromatic carbocycles.